The predicted octanol–water partition coefficient (Wildman–Crippen LogP) is 2.12. The van der Waals surface area contributed by atoms with Crippen LogP contribution in [0, 0.1) is 5.92 Å². The van der Waals surface area contributed by atoms with E-state index in [4.69, 9.17) is 5.14 Å². The van der Waals surface area contributed by atoms with Crippen LogP contribution in [0.15, 0.2) is 58.2 Å². The predicted molar refractivity (Wildman–Crippen MR) is 131 cm³/mol. The van der Waals surface area contributed by atoms with Crippen molar-refractivity contribution in [3.63, 3.8) is 0 Å². The molecule has 35 heavy (non-hydrogen) atoms. The number of carbonyl (C=O) groups is 2. The molecule has 1 fully saturated rings. The largest absolute Gasteiger partial charge is 0.337 e. The molecule has 2 heterocycles. The summed E-state index contributed by atoms with van der Waals surface area (Å²) in [5.41, 5.74) is 0.457. The SMILES string of the molecule is CC(C)n1nc(C(=O)N2CCC(C(=O)Nc3ccc(S(N)(=O)=O)cc3)CC2)c2ccccc2c1=O. The molecule has 184 valence electrons. The first-order valence-electron chi connectivity index (χ1n) is 11.3. The van der Waals surface area contributed by atoms with E-state index in [0.29, 0.717) is 42.4 Å². The fourth-order valence-electron chi connectivity index (χ4n) is 4.18. The van der Waals surface area contributed by atoms with Crippen LogP contribution < -0.4 is 16.0 Å². The van der Waals surface area contributed by atoms with E-state index in [1.165, 1.54) is 28.9 Å². The topological polar surface area (TPSA) is 144 Å². The number of fused-ring (bicyclic) bond motifs is 1. The number of nitrogens with zero attached hydrogens (tertiary/aromatic N) is 3. The second-order valence-electron chi connectivity index (χ2n) is 8.86. The maximum atomic E-state index is 13.4. The van der Waals surface area contributed by atoms with Crippen LogP contribution in [0.25, 0.3) is 10.8 Å². The Morgan fingerprint density at radius 2 is 1.63 bits per heavy atom. The minimum Gasteiger partial charge on any atom is -0.337 e. The highest BCUT2D eigenvalue weighted by molar-refractivity contribution is 7.89. The normalized spacial score (nSPS) is 14.9. The van der Waals surface area contributed by atoms with Gasteiger partial charge in [-0.25, -0.2) is 18.2 Å². The van der Waals surface area contributed by atoms with E-state index in [1.54, 1.807) is 29.2 Å². The van der Waals surface area contributed by atoms with Crippen molar-refractivity contribution in [2.75, 3.05) is 18.4 Å². The van der Waals surface area contributed by atoms with E-state index in [0.717, 1.165) is 0 Å². The van der Waals surface area contributed by atoms with Crippen molar-refractivity contribution in [1.82, 2.24) is 14.7 Å². The molecule has 0 atom stereocenters. The van der Waals surface area contributed by atoms with Crippen molar-refractivity contribution in [3.8, 4) is 0 Å². The van der Waals surface area contributed by atoms with Gasteiger partial charge in [0, 0.05) is 30.1 Å². The van der Waals surface area contributed by atoms with Crippen LogP contribution >= 0.6 is 0 Å². The number of benzene rings is 2. The van der Waals surface area contributed by atoms with Crippen molar-refractivity contribution < 1.29 is 18.0 Å². The van der Waals surface area contributed by atoms with Gasteiger partial charge < -0.3 is 10.2 Å². The van der Waals surface area contributed by atoms with Gasteiger partial charge in [0.15, 0.2) is 5.69 Å². The van der Waals surface area contributed by atoms with E-state index in [-0.39, 0.29) is 39.9 Å². The molecule has 11 heteroatoms. The Hall–Kier alpha value is -3.57. The Labute approximate surface area is 202 Å². The summed E-state index contributed by atoms with van der Waals surface area (Å²) in [5.74, 6) is -0.767. The van der Waals surface area contributed by atoms with Gasteiger partial charge in [0.25, 0.3) is 11.5 Å². The number of rotatable bonds is 5. The zero-order chi connectivity index (χ0) is 25.3. The van der Waals surface area contributed by atoms with E-state index >= 15 is 0 Å². The Kier molecular flexibility index (Phi) is 6.73. The van der Waals surface area contributed by atoms with E-state index in [2.05, 4.69) is 10.4 Å². The van der Waals surface area contributed by atoms with Gasteiger partial charge in [-0.15, -0.1) is 0 Å². The Balaban J connectivity index is 1.46. The standard InChI is InChI=1S/C24H27N5O5S/c1-15(2)29-23(31)20-6-4-3-5-19(20)21(27-29)24(32)28-13-11-16(12-14-28)22(30)26-17-7-9-18(10-8-17)35(25,33)34/h3-10,15-16H,11-14H2,1-2H3,(H,26,30)(H2,25,33,34). The molecule has 1 aliphatic heterocycles. The summed E-state index contributed by atoms with van der Waals surface area (Å²) in [7, 11) is -3.80. The average Bonchev–Trinajstić information content (AvgIpc) is 2.83. The summed E-state index contributed by atoms with van der Waals surface area (Å²) in [5, 5.41) is 13.2. The fourth-order valence-corrected chi connectivity index (χ4v) is 4.70. The fraction of sp³-hybridized carbons (Fsp3) is 0.333. The number of anilines is 1. The number of piperidine rings is 1. The zero-order valence-corrected chi connectivity index (χ0v) is 20.3. The van der Waals surface area contributed by atoms with Gasteiger partial charge in [0.2, 0.25) is 15.9 Å². The Morgan fingerprint density at radius 3 is 2.20 bits per heavy atom. The first-order valence-corrected chi connectivity index (χ1v) is 12.9. The van der Waals surface area contributed by atoms with Gasteiger partial charge >= 0.3 is 0 Å². The third-order valence-corrected chi connectivity index (χ3v) is 7.05. The van der Waals surface area contributed by atoms with E-state index in [9.17, 15) is 22.8 Å². The number of primary sulfonamides is 1. The zero-order valence-electron chi connectivity index (χ0n) is 19.5. The first kappa shape index (κ1) is 24.6. The second kappa shape index (κ2) is 9.59. The lowest BCUT2D eigenvalue weighted by Crippen LogP contribution is -2.42. The summed E-state index contributed by atoms with van der Waals surface area (Å²) in [6.45, 7) is 4.42. The van der Waals surface area contributed by atoms with Gasteiger partial charge in [-0.1, -0.05) is 18.2 Å². The molecule has 0 aliphatic carbocycles. The number of carbonyl (C=O) groups excluding carboxylic acids is 2. The van der Waals surface area contributed by atoms with Crippen LogP contribution in [0.3, 0.4) is 0 Å². The van der Waals surface area contributed by atoms with Crippen molar-refractivity contribution in [2.45, 2.75) is 37.6 Å². The van der Waals surface area contributed by atoms with Crippen molar-refractivity contribution in [1.29, 1.82) is 0 Å². The van der Waals surface area contributed by atoms with Crippen molar-refractivity contribution in [2.24, 2.45) is 11.1 Å². The molecule has 2 amide bonds. The van der Waals surface area contributed by atoms with Crippen LogP contribution in [-0.2, 0) is 14.8 Å². The molecule has 0 spiro atoms. The number of sulfonamides is 1. The number of hydrogen-bond acceptors (Lipinski definition) is 6. The average molecular weight is 498 g/mol. The van der Waals surface area contributed by atoms with Crippen molar-refractivity contribution >= 4 is 38.3 Å². The van der Waals surface area contributed by atoms with Crippen LogP contribution in [0.5, 0.6) is 0 Å². The molecule has 3 aromatic rings. The molecule has 3 N–H and O–H groups in total. The number of hydrogen-bond donors (Lipinski definition) is 2. The van der Waals surface area contributed by atoms with Crippen LogP contribution in [-0.4, -0.2) is 48.0 Å². The Bertz CT molecular complexity index is 1440. The number of nitrogens with two attached hydrogens (primary N) is 1. The maximum absolute atomic E-state index is 13.4. The minimum atomic E-state index is -3.80. The van der Waals surface area contributed by atoms with Gasteiger partial charge in [0.05, 0.1) is 16.3 Å². The maximum Gasteiger partial charge on any atom is 0.274 e. The molecule has 0 radical (unpaired) electrons. The van der Waals surface area contributed by atoms with Gasteiger partial charge in [-0.05, 0) is 57.0 Å². The Morgan fingerprint density at radius 1 is 1.03 bits per heavy atom. The first-order chi connectivity index (χ1) is 16.6. The summed E-state index contributed by atoms with van der Waals surface area (Å²) in [4.78, 5) is 40.5. The van der Waals surface area contributed by atoms with Crippen LogP contribution in [0.1, 0.15) is 43.2 Å². The summed E-state index contributed by atoms with van der Waals surface area (Å²) in [6, 6.07) is 12.4. The molecule has 0 saturated carbocycles. The highest BCUT2D eigenvalue weighted by atomic mass is 32.2. The lowest BCUT2D eigenvalue weighted by atomic mass is 9.95. The molecular weight excluding hydrogens is 470 g/mol. The highest BCUT2D eigenvalue weighted by Crippen LogP contribution is 2.23. The monoisotopic (exact) mass is 497 g/mol. The number of amides is 2. The minimum absolute atomic E-state index is 0.0350. The molecule has 10 nitrogen and oxygen atoms in total. The lowest BCUT2D eigenvalue weighted by Gasteiger charge is -2.31. The van der Waals surface area contributed by atoms with Gasteiger partial charge in [-0.2, -0.15) is 5.10 Å². The van der Waals surface area contributed by atoms with Gasteiger partial charge in [0.1, 0.15) is 0 Å². The number of aromatic nitrogens is 2. The molecule has 1 aromatic heterocycles. The molecule has 1 aliphatic rings. The number of nitrogens with one attached hydrogen (secondary N) is 1. The summed E-state index contributed by atoms with van der Waals surface area (Å²) in [6.07, 6.45) is 0.934. The summed E-state index contributed by atoms with van der Waals surface area (Å²) >= 11 is 0. The van der Waals surface area contributed by atoms with Crippen LogP contribution in [0.4, 0.5) is 5.69 Å². The second-order valence-corrected chi connectivity index (χ2v) is 10.4. The highest BCUT2D eigenvalue weighted by Gasteiger charge is 2.30. The third kappa shape index (κ3) is 5.10. The smallest absolute Gasteiger partial charge is 0.274 e. The van der Waals surface area contributed by atoms with Crippen LogP contribution in [0.2, 0.25) is 0 Å². The molecule has 4 rings (SSSR count). The molecule has 2 aromatic carbocycles. The van der Waals surface area contributed by atoms with E-state index in [1.807, 2.05) is 13.8 Å². The molecule has 0 unspecified atom stereocenters. The van der Waals surface area contributed by atoms with Crippen molar-refractivity contribution in [3.05, 3.63) is 64.6 Å². The molecule has 1 saturated heterocycles. The summed E-state index contributed by atoms with van der Waals surface area (Å²) < 4.78 is 24.1. The van der Waals surface area contributed by atoms with E-state index < -0.39 is 10.0 Å². The number of likely N-dealkylation sites (tertiary alicyclic amines) is 1. The molecule has 0 bridgehead atoms. The molecular formula is C24H27N5O5S. The third-order valence-electron chi connectivity index (χ3n) is 6.12. The quantitative estimate of drug-likeness (QED) is 0.552. The lowest BCUT2D eigenvalue weighted by molar-refractivity contribution is -0.121. The van der Waals surface area contributed by atoms with Gasteiger partial charge in [-0.3, -0.25) is 14.4 Å².